The molecule has 0 fully saturated rings. The van der Waals surface area contributed by atoms with Crippen molar-refractivity contribution in [1.82, 2.24) is 4.98 Å². The lowest BCUT2D eigenvalue weighted by Crippen LogP contribution is -1.83. The third kappa shape index (κ3) is 2.43. The lowest BCUT2D eigenvalue weighted by atomic mass is 10.0. The summed E-state index contributed by atoms with van der Waals surface area (Å²) in [5, 5.41) is 11.7. The maximum absolute atomic E-state index is 9.31. The third-order valence-electron chi connectivity index (χ3n) is 3.18. The Labute approximate surface area is 117 Å². The molecule has 0 spiro atoms. The van der Waals surface area contributed by atoms with E-state index in [-0.39, 0.29) is 0 Å². The maximum atomic E-state index is 9.31. The van der Waals surface area contributed by atoms with Crippen LogP contribution in [0.1, 0.15) is 11.1 Å². The van der Waals surface area contributed by atoms with Gasteiger partial charge in [0, 0.05) is 18.0 Å². The van der Waals surface area contributed by atoms with Crippen LogP contribution in [0.2, 0.25) is 0 Å². The molecule has 0 aliphatic heterocycles. The second-order valence-corrected chi connectivity index (χ2v) is 4.52. The molecule has 0 saturated heterocycles. The van der Waals surface area contributed by atoms with Gasteiger partial charge in [0.05, 0.1) is 11.6 Å². The number of hydrogen-bond acceptors (Lipinski definition) is 2. The minimum Gasteiger partial charge on any atom is -0.264 e. The molecule has 3 aromatic rings. The molecule has 0 amide bonds. The summed E-state index contributed by atoms with van der Waals surface area (Å²) in [7, 11) is 0. The van der Waals surface area contributed by atoms with Crippen LogP contribution in [0.3, 0.4) is 0 Å². The van der Waals surface area contributed by atoms with Crippen molar-refractivity contribution < 1.29 is 0 Å². The molecule has 0 atom stereocenters. The van der Waals surface area contributed by atoms with E-state index in [0.29, 0.717) is 5.57 Å². The van der Waals surface area contributed by atoms with Crippen LogP contribution >= 0.6 is 0 Å². The molecule has 0 aliphatic rings. The lowest BCUT2D eigenvalue weighted by molar-refractivity contribution is 1.31. The molecule has 94 valence electrons. The number of aromatic nitrogens is 1. The molecule has 2 heteroatoms. The minimum atomic E-state index is 0.619. The van der Waals surface area contributed by atoms with Gasteiger partial charge in [0.25, 0.3) is 0 Å². The second kappa shape index (κ2) is 5.38. The van der Waals surface area contributed by atoms with Crippen LogP contribution in [-0.2, 0) is 0 Å². The molecule has 2 aromatic carbocycles. The van der Waals surface area contributed by atoms with Gasteiger partial charge >= 0.3 is 0 Å². The van der Waals surface area contributed by atoms with Gasteiger partial charge in [-0.15, -0.1) is 0 Å². The van der Waals surface area contributed by atoms with Gasteiger partial charge in [-0.25, -0.2) is 0 Å². The first-order valence-corrected chi connectivity index (χ1v) is 6.38. The average molecular weight is 256 g/mol. The van der Waals surface area contributed by atoms with E-state index >= 15 is 0 Å². The summed E-state index contributed by atoms with van der Waals surface area (Å²) in [4.78, 5) is 4.05. The minimum absolute atomic E-state index is 0.619. The molecule has 2 nitrogen and oxygen atoms in total. The Balaban J connectivity index is 2.06. The number of fused-ring (bicyclic) bond motifs is 1. The molecule has 0 aliphatic carbocycles. The molecule has 0 unspecified atom stereocenters. The van der Waals surface area contributed by atoms with E-state index in [9.17, 15) is 5.26 Å². The van der Waals surface area contributed by atoms with Gasteiger partial charge in [0.1, 0.15) is 0 Å². The fourth-order valence-electron chi connectivity index (χ4n) is 2.17. The first-order chi connectivity index (χ1) is 9.86. The van der Waals surface area contributed by atoms with E-state index < -0.39 is 0 Å². The largest absolute Gasteiger partial charge is 0.264 e. The normalized spacial score (nSPS) is 11.2. The smallest absolute Gasteiger partial charge is 0.0998 e. The highest BCUT2D eigenvalue weighted by molar-refractivity contribution is 5.92. The van der Waals surface area contributed by atoms with E-state index in [1.54, 1.807) is 12.4 Å². The van der Waals surface area contributed by atoms with Crippen LogP contribution in [0.5, 0.6) is 0 Å². The van der Waals surface area contributed by atoms with E-state index in [1.165, 1.54) is 10.8 Å². The van der Waals surface area contributed by atoms with Crippen molar-refractivity contribution in [2.24, 2.45) is 0 Å². The summed E-state index contributed by atoms with van der Waals surface area (Å²) in [5.74, 6) is 0. The van der Waals surface area contributed by atoms with Gasteiger partial charge in [-0.2, -0.15) is 5.26 Å². The third-order valence-corrected chi connectivity index (χ3v) is 3.18. The SMILES string of the molecule is N#CC(=Cc1ccc2ccccc2c1)c1cccnc1. The molecule has 1 heterocycles. The Hall–Kier alpha value is -2.92. The van der Waals surface area contributed by atoms with Gasteiger partial charge < -0.3 is 0 Å². The highest BCUT2D eigenvalue weighted by Gasteiger charge is 2.01. The quantitative estimate of drug-likeness (QED) is 0.641. The van der Waals surface area contributed by atoms with Crippen molar-refractivity contribution in [3.05, 3.63) is 78.1 Å². The number of allylic oxidation sites excluding steroid dienone is 1. The predicted octanol–water partition coefficient (Wildman–Crippen LogP) is 4.30. The van der Waals surface area contributed by atoms with Crippen LogP contribution in [0.15, 0.2) is 67.0 Å². The number of nitrogens with zero attached hydrogens (tertiary/aromatic N) is 2. The highest BCUT2D eigenvalue weighted by atomic mass is 14.6. The Morgan fingerprint density at radius 2 is 1.85 bits per heavy atom. The average Bonchev–Trinajstić information content (AvgIpc) is 2.53. The molecule has 0 saturated carbocycles. The van der Waals surface area contributed by atoms with Crippen LogP contribution < -0.4 is 0 Å². The summed E-state index contributed by atoms with van der Waals surface area (Å²) in [6, 6.07) is 20.3. The zero-order chi connectivity index (χ0) is 13.8. The van der Waals surface area contributed by atoms with Gasteiger partial charge in [-0.1, -0.05) is 42.5 Å². The lowest BCUT2D eigenvalue weighted by Gasteiger charge is -2.01. The standard InChI is InChI=1S/C18H12N2/c19-12-18(17-6-3-9-20-13-17)11-14-7-8-15-4-1-2-5-16(15)10-14/h1-11,13H. The highest BCUT2D eigenvalue weighted by Crippen LogP contribution is 2.20. The number of pyridine rings is 1. The van der Waals surface area contributed by atoms with Crippen molar-refractivity contribution in [1.29, 1.82) is 5.26 Å². The van der Waals surface area contributed by atoms with Gasteiger partial charge in [-0.3, -0.25) is 4.98 Å². The molecular formula is C18H12N2. The first kappa shape index (κ1) is 12.1. The number of hydrogen-bond donors (Lipinski definition) is 0. The fourth-order valence-corrected chi connectivity index (χ4v) is 2.17. The number of rotatable bonds is 2. The van der Waals surface area contributed by atoms with Crippen molar-refractivity contribution in [3.63, 3.8) is 0 Å². The molecule has 1 aromatic heterocycles. The molecule has 20 heavy (non-hydrogen) atoms. The van der Waals surface area contributed by atoms with Crippen LogP contribution in [-0.4, -0.2) is 4.98 Å². The van der Waals surface area contributed by atoms with Crippen molar-refractivity contribution in [2.45, 2.75) is 0 Å². The molecule has 0 N–H and O–H groups in total. The zero-order valence-electron chi connectivity index (χ0n) is 10.8. The Morgan fingerprint density at radius 3 is 2.60 bits per heavy atom. The number of nitriles is 1. The topological polar surface area (TPSA) is 36.7 Å². The van der Waals surface area contributed by atoms with E-state index in [0.717, 1.165) is 11.1 Å². The fraction of sp³-hybridized carbons (Fsp3) is 0. The van der Waals surface area contributed by atoms with Gasteiger partial charge in [0.2, 0.25) is 0 Å². The molecular weight excluding hydrogens is 244 g/mol. The van der Waals surface area contributed by atoms with Gasteiger partial charge in [0.15, 0.2) is 0 Å². The second-order valence-electron chi connectivity index (χ2n) is 4.52. The Kier molecular flexibility index (Phi) is 3.26. The molecule has 3 rings (SSSR count). The van der Waals surface area contributed by atoms with Crippen LogP contribution in [0.4, 0.5) is 0 Å². The molecule has 0 radical (unpaired) electrons. The summed E-state index contributed by atoms with van der Waals surface area (Å²) in [6.45, 7) is 0. The zero-order valence-corrected chi connectivity index (χ0v) is 10.8. The Morgan fingerprint density at radius 1 is 1.00 bits per heavy atom. The van der Waals surface area contributed by atoms with E-state index in [4.69, 9.17) is 0 Å². The predicted molar refractivity (Wildman–Crippen MR) is 81.7 cm³/mol. The molecule has 0 bridgehead atoms. The first-order valence-electron chi connectivity index (χ1n) is 6.38. The van der Waals surface area contributed by atoms with Crippen molar-refractivity contribution in [3.8, 4) is 6.07 Å². The van der Waals surface area contributed by atoms with E-state index in [1.807, 2.05) is 36.4 Å². The van der Waals surface area contributed by atoms with Crippen LogP contribution in [0, 0.1) is 11.3 Å². The summed E-state index contributed by atoms with van der Waals surface area (Å²) < 4.78 is 0. The van der Waals surface area contributed by atoms with Crippen molar-refractivity contribution in [2.75, 3.05) is 0 Å². The maximum Gasteiger partial charge on any atom is 0.0998 e. The van der Waals surface area contributed by atoms with Gasteiger partial charge in [-0.05, 0) is 34.5 Å². The van der Waals surface area contributed by atoms with E-state index in [2.05, 4.69) is 35.3 Å². The Bertz CT molecular complexity index is 811. The summed E-state index contributed by atoms with van der Waals surface area (Å²) in [5.41, 5.74) is 2.47. The monoisotopic (exact) mass is 256 g/mol. The summed E-state index contributed by atoms with van der Waals surface area (Å²) in [6.07, 6.45) is 5.30. The number of benzene rings is 2. The van der Waals surface area contributed by atoms with Crippen LogP contribution in [0.25, 0.3) is 22.4 Å². The summed E-state index contributed by atoms with van der Waals surface area (Å²) >= 11 is 0. The van der Waals surface area contributed by atoms with Crippen molar-refractivity contribution >= 4 is 22.4 Å².